The summed E-state index contributed by atoms with van der Waals surface area (Å²) in [6.07, 6.45) is 8.59. The highest BCUT2D eigenvalue weighted by atomic mass is 16.2. The minimum atomic E-state index is 0.208. The van der Waals surface area contributed by atoms with Gasteiger partial charge in [-0.3, -0.25) is 9.69 Å². The minimum Gasteiger partial charge on any atom is -0.352 e. The van der Waals surface area contributed by atoms with E-state index in [4.69, 9.17) is 5.73 Å². The SMILES string of the molecule is NCC1CCCN(CC(=O)NC2CCCCC2)C1. The first-order valence-corrected chi connectivity index (χ1v) is 7.49. The topological polar surface area (TPSA) is 58.4 Å². The van der Waals surface area contributed by atoms with Crippen molar-refractivity contribution in [2.75, 3.05) is 26.2 Å². The highest BCUT2D eigenvalue weighted by molar-refractivity contribution is 5.78. The fourth-order valence-corrected chi connectivity index (χ4v) is 3.21. The summed E-state index contributed by atoms with van der Waals surface area (Å²) in [5.41, 5.74) is 5.72. The molecule has 0 aromatic rings. The van der Waals surface area contributed by atoms with Crippen molar-refractivity contribution in [2.24, 2.45) is 11.7 Å². The lowest BCUT2D eigenvalue weighted by Crippen LogP contribution is -2.46. The lowest BCUT2D eigenvalue weighted by Gasteiger charge is -2.32. The lowest BCUT2D eigenvalue weighted by molar-refractivity contribution is -0.123. The fourth-order valence-electron chi connectivity index (χ4n) is 3.21. The molecular formula is C14H27N3O. The maximum absolute atomic E-state index is 12.0. The number of nitrogens with two attached hydrogens (primary N) is 1. The molecule has 0 spiro atoms. The summed E-state index contributed by atoms with van der Waals surface area (Å²) >= 11 is 0. The Labute approximate surface area is 110 Å². The molecular weight excluding hydrogens is 226 g/mol. The summed E-state index contributed by atoms with van der Waals surface area (Å²) in [5, 5.41) is 3.19. The van der Waals surface area contributed by atoms with Crippen molar-refractivity contribution < 1.29 is 4.79 Å². The number of carbonyl (C=O) groups excluding carboxylic acids is 1. The predicted octanol–water partition coefficient (Wildman–Crippen LogP) is 1.11. The molecule has 4 heteroatoms. The van der Waals surface area contributed by atoms with Crippen LogP contribution in [0.3, 0.4) is 0 Å². The van der Waals surface area contributed by atoms with E-state index in [0.717, 1.165) is 32.5 Å². The Balaban J connectivity index is 1.69. The van der Waals surface area contributed by atoms with E-state index in [9.17, 15) is 4.79 Å². The molecule has 0 aromatic heterocycles. The summed E-state index contributed by atoms with van der Waals surface area (Å²) in [7, 11) is 0. The van der Waals surface area contributed by atoms with E-state index in [0.29, 0.717) is 18.5 Å². The number of hydrogen-bond donors (Lipinski definition) is 2. The molecule has 1 saturated heterocycles. The predicted molar refractivity (Wildman–Crippen MR) is 73.2 cm³/mol. The first-order chi connectivity index (χ1) is 8.78. The van der Waals surface area contributed by atoms with Gasteiger partial charge in [-0.15, -0.1) is 0 Å². The number of hydrogen-bond acceptors (Lipinski definition) is 3. The van der Waals surface area contributed by atoms with Crippen molar-refractivity contribution in [3.05, 3.63) is 0 Å². The zero-order valence-corrected chi connectivity index (χ0v) is 11.4. The van der Waals surface area contributed by atoms with Crippen LogP contribution in [0.5, 0.6) is 0 Å². The van der Waals surface area contributed by atoms with Gasteiger partial charge in [-0.2, -0.15) is 0 Å². The van der Waals surface area contributed by atoms with E-state index in [1.165, 1.54) is 32.1 Å². The Morgan fingerprint density at radius 2 is 1.94 bits per heavy atom. The standard InChI is InChI=1S/C14H27N3O/c15-9-12-5-4-8-17(10-12)11-14(18)16-13-6-2-1-3-7-13/h12-13H,1-11,15H2,(H,16,18). The third-order valence-electron chi connectivity index (χ3n) is 4.27. The molecule has 18 heavy (non-hydrogen) atoms. The Morgan fingerprint density at radius 1 is 1.17 bits per heavy atom. The lowest BCUT2D eigenvalue weighted by atomic mass is 9.95. The van der Waals surface area contributed by atoms with Gasteiger partial charge in [-0.1, -0.05) is 19.3 Å². The molecule has 1 amide bonds. The van der Waals surface area contributed by atoms with Crippen molar-refractivity contribution >= 4 is 5.91 Å². The van der Waals surface area contributed by atoms with Crippen LogP contribution >= 0.6 is 0 Å². The van der Waals surface area contributed by atoms with Gasteiger partial charge in [0.05, 0.1) is 6.54 Å². The average molecular weight is 253 g/mol. The van der Waals surface area contributed by atoms with Gasteiger partial charge in [0.15, 0.2) is 0 Å². The third-order valence-corrected chi connectivity index (χ3v) is 4.27. The van der Waals surface area contributed by atoms with Gasteiger partial charge in [0.2, 0.25) is 5.91 Å². The molecule has 1 aliphatic heterocycles. The van der Waals surface area contributed by atoms with E-state index in [1.807, 2.05) is 0 Å². The Bertz CT molecular complexity index is 264. The van der Waals surface area contributed by atoms with Gasteiger partial charge in [-0.05, 0) is 44.7 Å². The van der Waals surface area contributed by atoms with E-state index < -0.39 is 0 Å². The maximum atomic E-state index is 12.0. The highest BCUT2D eigenvalue weighted by Crippen LogP contribution is 2.18. The van der Waals surface area contributed by atoms with Gasteiger partial charge >= 0.3 is 0 Å². The molecule has 4 nitrogen and oxygen atoms in total. The molecule has 1 atom stereocenters. The Kier molecular flexibility index (Phi) is 5.45. The molecule has 2 rings (SSSR count). The second kappa shape index (κ2) is 7.10. The number of piperidine rings is 1. The molecule has 0 radical (unpaired) electrons. The molecule has 0 aromatic carbocycles. The van der Waals surface area contributed by atoms with Crippen molar-refractivity contribution in [2.45, 2.75) is 51.0 Å². The zero-order chi connectivity index (χ0) is 12.8. The van der Waals surface area contributed by atoms with Gasteiger partial charge in [0.25, 0.3) is 0 Å². The molecule has 104 valence electrons. The molecule has 1 unspecified atom stereocenters. The number of nitrogens with zero attached hydrogens (tertiary/aromatic N) is 1. The van der Waals surface area contributed by atoms with Crippen molar-refractivity contribution in [1.29, 1.82) is 0 Å². The van der Waals surface area contributed by atoms with Crippen LogP contribution in [0.1, 0.15) is 44.9 Å². The van der Waals surface area contributed by atoms with Gasteiger partial charge in [0, 0.05) is 12.6 Å². The number of nitrogens with one attached hydrogen (secondary N) is 1. The van der Waals surface area contributed by atoms with E-state index in [-0.39, 0.29) is 5.91 Å². The van der Waals surface area contributed by atoms with Gasteiger partial charge in [-0.25, -0.2) is 0 Å². The summed E-state index contributed by atoms with van der Waals surface area (Å²) < 4.78 is 0. The molecule has 1 heterocycles. The molecule has 1 aliphatic carbocycles. The smallest absolute Gasteiger partial charge is 0.234 e. The van der Waals surface area contributed by atoms with Crippen molar-refractivity contribution in [3.63, 3.8) is 0 Å². The highest BCUT2D eigenvalue weighted by Gasteiger charge is 2.22. The van der Waals surface area contributed by atoms with E-state index in [2.05, 4.69) is 10.2 Å². The van der Waals surface area contributed by atoms with Crippen LogP contribution in [0.4, 0.5) is 0 Å². The quantitative estimate of drug-likeness (QED) is 0.789. The fraction of sp³-hybridized carbons (Fsp3) is 0.929. The third kappa shape index (κ3) is 4.25. The summed E-state index contributed by atoms with van der Waals surface area (Å²) in [6, 6.07) is 0.432. The average Bonchev–Trinajstić information content (AvgIpc) is 2.40. The van der Waals surface area contributed by atoms with Crippen LogP contribution in [0.25, 0.3) is 0 Å². The second-order valence-corrected chi connectivity index (χ2v) is 5.88. The summed E-state index contributed by atoms with van der Waals surface area (Å²) in [5.74, 6) is 0.792. The molecule has 1 saturated carbocycles. The number of amides is 1. The van der Waals surface area contributed by atoms with Gasteiger partial charge < -0.3 is 11.1 Å². The first-order valence-electron chi connectivity index (χ1n) is 7.49. The zero-order valence-electron chi connectivity index (χ0n) is 11.4. The second-order valence-electron chi connectivity index (χ2n) is 5.88. The first kappa shape index (κ1) is 13.8. The Morgan fingerprint density at radius 3 is 2.67 bits per heavy atom. The number of rotatable bonds is 4. The van der Waals surface area contributed by atoms with Gasteiger partial charge in [0.1, 0.15) is 0 Å². The van der Waals surface area contributed by atoms with Crippen molar-refractivity contribution in [1.82, 2.24) is 10.2 Å². The van der Waals surface area contributed by atoms with Crippen LogP contribution in [0, 0.1) is 5.92 Å². The normalized spacial score (nSPS) is 27.1. The van der Waals surface area contributed by atoms with E-state index >= 15 is 0 Å². The van der Waals surface area contributed by atoms with Crippen LogP contribution in [0.2, 0.25) is 0 Å². The molecule has 2 fully saturated rings. The Hall–Kier alpha value is -0.610. The van der Waals surface area contributed by atoms with Crippen LogP contribution in [-0.2, 0) is 4.79 Å². The van der Waals surface area contributed by atoms with Crippen LogP contribution < -0.4 is 11.1 Å². The van der Waals surface area contributed by atoms with Crippen molar-refractivity contribution in [3.8, 4) is 0 Å². The molecule has 0 bridgehead atoms. The number of carbonyl (C=O) groups is 1. The number of likely N-dealkylation sites (tertiary alicyclic amines) is 1. The van der Waals surface area contributed by atoms with Crippen LogP contribution in [-0.4, -0.2) is 43.0 Å². The van der Waals surface area contributed by atoms with E-state index in [1.54, 1.807) is 0 Å². The van der Waals surface area contributed by atoms with Crippen LogP contribution in [0.15, 0.2) is 0 Å². The summed E-state index contributed by atoms with van der Waals surface area (Å²) in [6.45, 7) is 3.36. The summed E-state index contributed by atoms with van der Waals surface area (Å²) in [4.78, 5) is 14.3. The molecule has 2 aliphatic rings. The largest absolute Gasteiger partial charge is 0.352 e. The molecule has 3 N–H and O–H groups in total. The minimum absolute atomic E-state index is 0.208. The monoisotopic (exact) mass is 253 g/mol. The maximum Gasteiger partial charge on any atom is 0.234 e.